The van der Waals surface area contributed by atoms with Gasteiger partial charge in [0.1, 0.15) is 11.6 Å². The number of non-ortho nitro benzene ring substituents is 1. The molecule has 0 spiro atoms. The average molecular weight is 529 g/mol. The molecule has 0 bridgehead atoms. The molecular formula is C30H32N4O5. The highest BCUT2D eigenvalue weighted by atomic mass is 16.6. The summed E-state index contributed by atoms with van der Waals surface area (Å²) in [6.45, 7) is 8.68. The van der Waals surface area contributed by atoms with Crippen molar-refractivity contribution >= 4 is 22.5 Å². The quantitative estimate of drug-likeness (QED) is 0.186. The third kappa shape index (κ3) is 5.82. The van der Waals surface area contributed by atoms with Gasteiger partial charge in [-0.15, -0.1) is 0 Å². The molecule has 1 atom stereocenters. The fraction of sp³-hybridized carbons (Fsp3) is 0.300. The molecule has 4 rings (SSSR count). The van der Waals surface area contributed by atoms with E-state index in [2.05, 4.69) is 13.8 Å². The maximum atomic E-state index is 13.9. The second-order valence-corrected chi connectivity index (χ2v) is 9.69. The summed E-state index contributed by atoms with van der Waals surface area (Å²) in [5.74, 6) is 0.938. The largest absolute Gasteiger partial charge is 0.492 e. The number of carbonyl (C=O) groups is 1. The highest BCUT2D eigenvalue weighted by Crippen LogP contribution is 2.29. The molecule has 1 heterocycles. The van der Waals surface area contributed by atoms with E-state index < -0.39 is 11.0 Å². The van der Waals surface area contributed by atoms with Gasteiger partial charge in [0.15, 0.2) is 0 Å². The van der Waals surface area contributed by atoms with Gasteiger partial charge in [-0.05, 0) is 62.6 Å². The third-order valence-corrected chi connectivity index (χ3v) is 6.58. The highest BCUT2D eigenvalue weighted by Gasteiger charge is 2.29. The van der Waals surface area contributed by atoms with E-state index in [-0.39, 0.29) is 17.2 Å². The minimum Gasteiger partial charge on any atom is -0.492 e. The van der Waals surface area contributed by atoms with Crippen molar-refractivity contribution in [1.82, 2.24) is 14.5 Å². The van der Waals surface area contributed by atoms with Crippen LogP contribution in [0.3, 0.4) is 0 Å². The molecule has 3 aromatic carbocycles. The van der Waals surface area contributed by atoms with E-state index in [1.54, 1.807) is 35.2 Å². The van der Waals surface area contributed by atoms with Crippen molar-refractivity contribution < 1.29 is 14.5 Å². The molecule has 202 valence electrons. The van der Waals surface area contributed by atoms with Gasteiger partial charge in [-0.2, -0.15) is 0 Å². The Kier molecular flexibility index (Phi) is 8.39. The number of aromatic nitrogens is 2. The van der Waals surface area contributed by atoms with E-state index in [1.165, 1.54) is 28.8 Å². The number of amides is 1. The standard InChI is InChI=1S/C30H32N4O5/c1-5-39-27-13-9-8-12-26(27)33-28(31-25-11-7-6-10-24(25)30(33)36)21(4)32(19-18-20(2)3)29(35)22-14-16-23(17-15-22)34(37)38/h6-17,20-21H,5,18-19H2,1-4H3. The summed E-state index contributed by atoms with van der Waals surface area (Å²) in [6.07, 6.45) is 0.719. The molecular weight excluding hydrogens is 496 g/mol. The predicted octanol–water partition coefficient (Wildman–Crippen LogP) is 5.94. The normalized spacial score (nSPS) is 11.9. The average Bonchev–Trinajstić information content (AvgIpc) is 2.93. The van der Waals surface area contributed by atoms with Crippen LogP contribution in [0.5, 0.6) is 5.75 Å². The van der Waals surface area contributed by atoms with Gasteiger partial charge in [0.25, 0.3) is 17.2 Å². The fourth-order valence-corrected chi connectivity index (χ4v) is 4.48. The van der Waals surface area contributed by atoms with Crippen LogP contribution in [0, 0.1) is 16.0 Å². The SMILES string of the molecule is CCOc1ccccc1-n1c(C(C)N(CCC(C)C)C(=O)c2ccc([N+](=O)[O-])cc2)nc2ccccc2c1=O. The molecule has 39 heavy (non-hydrogen) atoms. The first-order chi connectivity index (χ1) is 18.7. The summed E-state index contributed by atoms with van der Waals surface area (Å²) in [5.41, 5.74) is 1.03. The lowest BCUT2D eigenvalue weighted by atomic mass is 10.1. The van der Waals surface area contributed by atoms with E-state index in [0.29, 0.717) is 52.8 Å². The van der Waals surface area contributed by atoms with Gasteiger partial charge in [0, 0.05) is 24.2 Å². The molecule has 0 fully saturated rings. The summed E-state index contributed by atoms with van der Waals surface area (Å²) in [6, 6.07) is 19.3. The lowest BCUT2D eigenvalue weighted by Crippen LogP contribution is -2.38. The summed E-state index contributed by atoms with van der Waals surface area (Å²) >= 11 is 0. The van der Waals surface area contributed by atoms with Crippen molar-refractivity contribution in [3.05, 3.63) is 105 Å². The summed E-state index contributed by atoms with van der Waals surface area (Å²) < 4.78 is 7.39. The van der Waals surface area contributed by atoms with E-state index in [4.69, 9.17) is 9.72 Å². The van der Waals surface area contributed by atoms with Crippen molar-refractivity contribution in [2.45, 2.75) is 40.2 Å². The van der Waals surface area contributed by atoms with Gasteiger partial charge in [0.2, 0.25) is 0 Å². The van der Waals surface area contributed by atoms with E-state index in [9.17, 15) is 19.7 Å². The van der Waals surface area contributed by atoms with Crippen molar-refractivity contribution in [2.75, 3.05) is 13.2 Å². The van der Waals surface area contributed by atoms with Crippen molar-refractivity contribution in [3.8, 4) is 11.4 Å². The van der Waals surface area contributed by atoms with Crippen LogP contribution in [0.1, 0.15) is 56.3 Å². The number of ether oxygens (including phenoxy) is 1. The van der Waals surface area contributed by atoms with E-state index >= 15 is 0 Å². The topological polar surface area (TPSA) is 108 Å². The molecule has 0 saturated heterocycles. The van der Waals surface area contributed by atoms with E-state index in [1.807, 2.05) is 32.0 Å². The lowest BCUT2D eigenvalue weighted by molar-refractivity contribution is -0.384. The Hall–Kier alpha value is -4.53. The molecule has 0 radical (unpaired) electrons. The molecule has 0 N–H and O–H groups in total. The minimum absolute atomic E-state index is 0.0918. The van der Waals surface area contributed by atoms with Gasteiger partial charge in [0.05, 0.1) is 34.2 Å². The Morgan fingerprint density at radius 2 is 1.69 bits per heavy atom. The van der Waals surface area contributed by atoms with E-state index in [0.717, 1.165) is 6.42 Å². The van der Waals surface area contributed by atoms with Crippen molar-refractivity contribution in [1.29, 1.82) is 0 Å². The monoisotopic (exact) mass is 528 g/mol. The van der Waals surface area contributed by atoms with Crippen LogP contribution in [0.2, 0.25) is 0 Å². The van der Waals surface area contributed by atoms with Crippen LogP contribution < -0.4 is 10.3 Å². The van der Waals surface area contributed by atoms with Gasteiger partial charge in [-0.3, -0.25) is 24.3 Å². The fourth-order valence-electron chi connectivity index (χ4n) is 4.48. The maximum absolute atomic E-state index is 13.9. The molecule has 4 aromatic rings. The number of para-hydroxylation sites is 3. The summed E-state index contributed by atoms with van der Waals surface area (Å²) in [7, 11) is 0. The van der Waals surface area contributed by atoms with Crippen LogP contribution in [-0.4, -0.2) is 38.4 Å². The Bertz CT molecular complexity index is 1550. The van der Waals surface area contributed by atoms with Crippen molar-refractivity contribution in [2.24, 2.45) is 5.92 Å². The number of carbonyl (C=O) groups excluding carboxylic acids is 1. The molecule has 9 nitrogen and oxygen atoms in total. The highest BCUT2D eigenvalue weighted by molar-refractivity contribution is 5.94. The third-order valence-electron chi connectivity index (χ3n) is 6.58. The first-order valence-corrected chi connectivity index (χ1v) is 13.0. The second-order valence-electron chi connectivity index (χ2n) is 9.69. The minimum atomic E-state index is -0.613. The molecule has 0 saturated carbocycles. The molecule has 0 aliphatic heterocycles. The number of rotatable bonds is 10. The Morgan fingerprint density at radius 1 is 1.03 bits per heavy atom. The van der Waals surface area contributed by atoms with Gasteiger partial charge in [-0.1, -0.05) is 38.1 Å². The lowest BCUT2D eigenvalue weighted by Gasteiger charge is -2.31. The van der Waals surface area contributed by atoms with Gasteiger partial charge < -0.3 is 9.64 Å². The number of nitrogens with zero attached hydrogens (tertiary/aromatic N) is 4. The zero-order valence-corrected chi connectivity index (χ0v) is 22.5. The Balaban J connectivity index is 1.90. The van der Waals surface area contributed by atoms with Crippen LogP contribution in [-0.2, 0) is 0 Å². The number of fused-ring (bicyclic) bond motifs is 1. The molecule has 1 aromatic heterocycles. The Labute approximate surface area is 226 Å². The zero-order chi connectivity index (χ0) is 28.1. The van der Waals surface area contributed by atoms with Gasteiger partial charge in [-0.25, -0.2) is 4.98 Å². The summed E-state index contributed by atoms with van der Waals surface area (Å²) in [4.78, 5) is 45.0. The predicted molar refractivity (Wildman–Crippen MR) is 151 cm³/mol. The first kappa shape index (κ1) is 27.5. The number of hydrogen-bond acceptors (Lipinski definition) is 6. The summed E-state index contributed by atoms with van der Waals surface area (Å²) in [5, 5.41) is 11.6. The van der Waals surface area contributed by atoms with Crippen LogP contribution >= 0.6 is 0 Å². The number of nitro benzene ring substituents is 1. The van der Waals surface area contributed by atoms with Crippen molar-refractivity contribution in [3.63, 3.8) is 0 Å². The number of hydrogen-bond donors (Lipinski definition) is 0. The van der Waals surface area contributed by atoms with Crippen LogP contribution in [0.4, 0.5) is 5.69 Å². The number of nitro groups is 1. The molecule has 9 heteroatoms. The first-order valence-electron chi connectivity index (χ1n) is 13.0. The second kappa shape index (κ2) is 11.9. The smallest absolute Gasteiger partial charge is 0.269 e. The number of benzene rings is 3. The van der Waals surface area contributed by atoms with Crippen LogP contribution in [0.15, 0.2) is 77.6 Å². The molecule has 1 amide bonds. The zero-order valence-electron chi connectivity index (χ0n) is 22.5. The molecule has 0 aliphatic carbocycles. The van der Waals surface area contributed by atoms with Gasteiger partial charge >= 0.3 is 0 Å². The molecule has 0 aliphatic rings. The van der Waals surface area contributed by atoms with Crippen LogP contribution in [0.25, 0.3) is 16.6 Å². The maximum Gasteiger partial charge on any atom is 0.269 e. The molecule has 1 unspecified atom stereocenters. The Morgan fingerprint density at radius 3 is 2.36 bits per heavy atom.